The largest absolute Gasteiger partial charge is 0.340 e. The molecule has 3 atom stereocenters. The van der Waals surface area contributed by atoms with Gasteiger partial charge in [-0.1, -0.05) is 60.7 Å². The summed E-state index contributed by atoms with van der Waals surface area (Å²) in [5.74, 6) is -0.427. The number of nitrogens with zero attached hydrogens (tertiary/aromatic N) is 4. The predicted octanol–water partition coefficient (Wildman–Crippen LogP) is 2.55. The highest BCUT2D eigenvalue weighted by Gasteiger charge is 2.52. The minimum absolute atomic E-state index is 0.0526. The topological polar surface area (TPSA) is 126 Å². The summed E-state index contributed by atoms with van der Waals surface area (Å²) in [6.45, 7) is 4.47. The third-order valence-electron chi connectivity index (χ3n) is 7.46. The van der Waals surface area contributed by atoms with Gasteiger partial charge in [-0.3, -0.25) is 23.9 Å². The Hall–Kier alpha value is -4.26. The van der Waals surface area contributed by atoms with Crippen molar-refractivity contribution in [2.45, 2.75) is 25.2 Å². The average molecular weight is 577 g/mol. The van der Waals surface area contributed by atoms with Gasteiger partial charge in [-0.2, -0.15) is 5.01 Å². The highest BCUT2D eigenvalue weighted by atomic mass is 32.2. The molecule has 3 N–H and O–H groups in total. The molecule has 0 spiro atoms. The van der Waals surface area contributed by atoms with Gasteiger partial charge in [0, 0.05) is 25.7 Å². The van der Waals surface area contributed by atoms with Crippen molar-refractivity contribution in [3.05, 3.63) is 90.5 Å². The number of urea groups is 1. The van der Waals surface area contributed by atoms with E-state index in [-0.39, 0.29) is 43.9 Å². The summed E-state index contributed by atoms with van der Waals surface area (Å²) in [4.78, 5) is 43.7. The predicted molar refractivity (Wildman–Crippen MR) is 156 cm³/mol. The molecule has 2 saturated heterocycles. The number of amides is 4. The second-order valence-electron chi connectivity index (χ2n) is 9.93. The molecule has 0 aliphatic carbocycles. The quantitative estimate of drug-likeness (QED) is 0.266. The van der Waals surface area contributed by atoms with Gasteiger partial charge in [0.15, 0.2) is 0 Å². The normalized spacial score (nSPS) is 19.7. The van der Waals surface area contributed by atoms with Crippen molar-refractivity contribution in [1.82, 2.24) is 25.1 Å². The number of carbonyl (C=O) groups excluding carboxylic acids is 3. The Morgan fingerprint density at radius 3 is 2.56 bits per heavy atom. The molecule has 0 radical (unpaired) electrons. The van der Waals surface area contributed by atoms with Gasteiger partial charge in [-0.15, -0.1) is 6.58 Å². The lowest BCUT2D eigenvalue weighted by atomic mass is 9.99. The van der Waals surface area contributed by atoms with Gasteiger partial charge < -0.3 is 15.1 Å². The van der Waals surface area contributed by atoms with Crippen LogP contribution in [0.1, 0.15) is 11.1 Å². The van der Waals surface area contributed by atoms with Crippen molar-refractivity contribution in [2.24, 2.45) is 0 Å². The van der Waals surface area contributed by atoms with Crippen LogP contribution in [0.5, 0.6) is 0 Å². The Kier molecular flexibility index (Phi) is 8.34. The Morgan fingerprint density at radius 1 is 1.12 bits per heavy atom. The first-order valence-corrected chi connectivity index (χ1v) is 14.3. The smallest absolute Gasteiger partial charge is 0.332 e. The van der Waals surface area contributed by atoms with Crippen LogP contribution in [-0.2, 0) is 33.8 Å². The van der Waals surface area contributed by atoms with Crippen molar-refractivity contribution >= 4 is 45.6 Å². The summed E-state index contributed by atoms with van der Waals surface area (Å²) in [5.41, 5.74) is 2.22. The van der Waals surface area contributed by atoms with E-state index in [0.717, 1.165) is 21.9 Å². The van der Waals surface area contributed by atoms with Crippen molar-refractivity contribution < 1.29 is 23.1 Å². The zero-order valence-corrected chi connectivity index (χ0v) is 23.4. The van der Waals surface area contributed by atoms with Crippen LogP contribution in [-0.4, -0.2) is 85.3 Å². The summed E-state index contributed by atoms with van der Waals surface area (Å²) in [7, 11) is 1.53. The molecule has 2 aliphatic heterocycles. The first-order chi connectivity index (χ1) is 19.8. The SMILES string of the molecule is C=CCN(C(=O)NC)N1CC(=O)N2[C@@H](Cc3ccc(NS(=O)O)cc3)C(=O)N(Cc3cccc4ccccc34)C[C@@H]21. The lowest BCUT2D eigenvalue weighted by Crippen LogP contribution is -2.65. The molecule has 1 unspecified atom stereocenters. The molecule has 214 valence electrons. The van der Waals surface area contributed by atoms with Gasteiger partial charge in [-0.25, -0.2) is 9.00 Å². The van der Waals surface area contributed by atoms with E-state index in [1.165, 1.54) is 12.1 Å². The van der Waals surface area contributed by atoms with Gasteiger partial charge in [0.25, 0.3) is 11.3 Å². The van der Waals surface area contributed by atoms with E-state index < -0.39 is 23.5 Å². The molecule has 2 heterocycles. The van der Waals surface area contributed by atoms with Crippen molar-refractivity contribution in [3.63, 3.8) is 0 Å². The van der Waals surface area contributed by atoms with Crippen LogP contribution in [0.3, 0.4) is 0 Å². The minimum Gasteiger partial charge on any atom is -0.340 e. The number of hydrazine groups is 1. The lowest BCUT2D eigenvalue weighted by Gasteiger charge is -2.46. The van der Waals surface area contributed by atoms with Crippen LogP contribution in [0.25, 0.3) is 10.8 Å². The van der Waals surface area contributed by atoms with Gasteiger partial charge in [0.2, 0.25) is 11.8 Å². The molecule has 2 fully saturated rings. The number of hydrogen-bond acceptors (Lipinski definition) is 5. The molecule has 2 aliphatic rings. The van der Waals surface area contributed by atoms with E-state index in [2.05, 4.69) is 16.6 Å². The highest BCUT2D eigenvalue weighted by molar-refractivity contribution is 7.80. The maximum absolute atomic E-state index is 14.1. The maximum atomic E-state index is 14.1. The number of carbonyl (C=O) groups is 3. The molecular weight excluding hydrogens is 544 g/mol. The van der Waals surface area contributed by atoms with Gasteiger partial charge in [-0.05, 0) is 34.0 Å². The van der Waals surface area contributed by atoms with Gasteiger partial charge in [0.1, 0.15) is 12.2 Å². The molecule has 0 bridgehead atoms. The van der Waals surface area contributed by atoms with E-state index in [9.17, 15) is 18.6 Å². The van der Waals surface area contributed by atoms with Crippen LogP contribution in [0.2, 0.25) is 0 Å². The van der Waals surface area contributed by atoms with Crippen LogP contribution < -0.4 is 10.0 Å². The number of anilines is 1. The number of benzene rings is 3. The first-order valence-electron chi connectivity index (χ1n) is 13.2. The van der Waals surface area contributed by atoms with Crippen LogP contribution in [0, 0.1) is 0 Å². The molecule has 3 aromatic rings. The summed E-state index contributed by atoms with van der Waals surface area (Å²) in [6.07, 6.45) is 1.27. The van der Waals surface area contributed by atoms with E-state index >= 15 is 0 Å². The maximum Gasteiger partial charge on any atom is 0.332 e. The van der Waals surface area contributed by atoms with Gasteiger partial charge in [0.05, 0.1) is 19.6 Å². The number of nitrogens with one attached hydrogen (secondary N) is 2. The van der Waals surface area contributed by atoms with Crippen LogP contribution >= 0.6 is 0 Å². The summed E-state index contributed by atoms with van der Waals surface area (Å²) in [5, 5.41) is 7.91. The fourth-order valence-corrected chi connectivity index (χ4v) is 5.95. The van der Waals surface area contributed by atoms with Crippen molar-refractivity contribution in [3.8, 4) is 0 Å². The molecule has 11 nitrogen and oxygen atoms in total. The Balaban J connectivity index is 1.50. The zero-order chi connectivity index (χ0) is 29.1. The number of rotatable bonds is 9. The van der Waals surface area contributed by atoms with E-state index in [1.807, 2.05) is 42.5 Å². The van der Waals surface area contributed by atoms with E-state index in [1.54, 1.807) is 45.2 Å². The molecule has 3 aromatic carbocycles. The highest BCUT2D eigenvalue weighted by Crippen LogP contribution is 2.31. The van der Waals surface area contributed by atoms with Crippen molar-refractivity contribution in [1.29, 1.82) is 0 Å². The Bertz CT molecular complexity index is 1490. The number of piperazine rings is 1. The molecule has 5 rings (SSSR count). The second-order valence-corrected chi connectivity index (χ2v) is 10.6. The Morgan fingerprint density at radius 2 is 1.85 bits per heavy atom. The molecular formula is C29H32N6O5S. The van der Waals surface area contributed by atoms with Crippen LogP contribution in [0.15, 0.2) is 79.4 Å². The molecule has 0 saturated carbocycles. The number of hydrogen-bond donors (Lipinski definition) is 3. The van der Waals surface area contributed by atoms with E-state index in [4.69, 9.17) is 4.55 Å². The fourth-order valence-electron chi connectivity index (χ4n) is 5.62. The standard InChI is InChI=1S/C29H32N6O5S/c1-3-15-33(29(38)30-2)34-19-27(36)35-25(16-20-11-13-23(14-12-20)31-41(39)40)28(37)32(18-26(34)35)17-22-9-6-8-21-7-4-5-10-24(21)22/h3-14,25-26,31H,1,15-19H2,2H3,(H,30,38)(H,39,40)/t25-,26+/m0/s1. The summed E-state index contributed by atoms with van der Waals surface area (Å²) >= 11 is -2.21. The van der Waals surface area contributed by atoms with Gasteiger partial charge >= 0.3 is 6.03 Å². The molecule has 12 heteroatoms. The second kappa shape index (κ2) is 12.1. The number of fused-ring (bicyclic) bond motifs is 2. The average Bonchev–Trinajstić information content (AvgIpc) is 3.29. The summed E-state index contributed by atoms with van der Waals surface area (Å²) < 4.78 is 22.6. The molecule has 0 aromatic heterocycles. The zero-order valence-electron chi connectivity index (χ0n) is 22.6. The monoisotopic (exact) mass is 576 g/mol. The summed E-state index contributed by atoms with van der Waals surface area (Å²) in [6, 6.07) is 19.6. The fraction of sp³-hybridized carbons (Fsp3) is 0.276. The lowest BCUT2D eigenvalue weighted by molar-refractivity contribution is -0.157. The Labute approximate surface area is 240 Å². The third-order valence-corrected chi connectivity index (χ3v) is 7.87. The molecule has 41 heavy (non-hydrogen) atoms. The van der Waals surface area contributed by atoms with Crippen LogP contribution in [0.4, 0.5) is 10.5 Å². The van der Waals surface area contributed by atoms with Crippen molar-refractivity contribution in [2.75, 3.05) is 31.4 Å². The molecule has 4 amide bonds. The third kappa shape index (κ3) is 5.80. The van der Waals surface area contributed by atoms with E-state index in [0.29, 0.717) is 12.2 Å². The minimum atomic E-state index is -2.21. The first kappa shape index (κ1) is 28.3.